The van der Waals surface area contributed by atoms with Crippen LogP contribution >= 0.6 is 0 Å². The molecule has 1 spiro atoms. The van der Waals surface area contributed by atoms with Crippen LogP contribution in [0.4, 0.5) is 10.2 Å². The van der Waals surface area contributed by atoms with Crippen LogP contribution in [-0.2, 0) is 0 Å². The number of anilines is 1. The van der Waals surface area contributed by atoms with E-state index in [0.29, 0.717) is 22.4 Å². The summed E-state index contributed by atoms with van der Waals surface area (Å²) in [6, 6.07) is 12.6. The molecule has 0 aliphatic carbocycles. The van der Waals surface area contributed by atoms with Gasteiger partial charge in [-0.2, -0.15) is 5.10 Å². The van der Waals surface area contributed by atoms with Gasteiger partial charge >= 0.3 is 0 Å². The summed E-state index contributed by atoms with van der Waals surface area (Å²) in [7, 11) is 1.53. The molecule has 6 rings (SSSR count). The Labute approximate surface area is 191 Å². The molecular formula is C25H25FN6O. The first-order valence-electron chi connectivity index (χ1n) is 11.3. The first kappa shape index (κ1) is 20.1. The van der Waals surface area contributed by atoms with Crippen LogP contribution in [0.3, 0.4) is 0 Å². The van der Waals surface area contributed by atoms with Crippen molar-refractivity contribution >= 4 is 16.7 Å². The van der Waals surface area contributed by atoms with Crippen LogP contribution in [0.15, 0.2) is 54.9 Å². The van der Waals surface area contributed by atoms with Crippen molar-refractivity contribution in [3.05, 3.63) is 60.7 Å². The quantitative estimate of drug-likeness (QED) is 0.516. The number of ether oxygens (including phenoxy) is 1. The van der Waals surface area contributed by atoms with Crippen molar-refractivity contribution in [3.8, 4) is 22.8 Å². The molecular weight excluding hydrogens is 419 g/mol. The van der Waals surface area contributed by atoms with Gasteiger partial charge in [0, 0.05) is 36.6 Å². The molecule has 2 aliphatic heterocycles. The molecule has 5 heterocycles. The third-order valence-corrected chi connectivity index (χ3v) is 6.78. The highest BCUT2D eigenvalue weighted by Gasteiger charge is 2.44. The number of aromatic nitrogens is 4. The topological polar surface area (TPSA) is 68.1 Å². The van der Waals surface area contributed by atoms with Gasteiger partial charge in [0.05, 0.1) is 30.1 Å². The fourth-order valence-corrected chi connectivity index (χ4v) is 5.09. The highest BCUT2D eigenvalue weighted by atomic mass is 19.1. The number of nitrogens with zero attached hydrogens (tertiary/aromatic N) is 5. The zero-order valence-corrected chi connectivity index (χ0v) is 18.5. The summed E-state index contributed by atoms with van der Waals surface area (Å²) in [6.07, 6.45) is 5.98. The summed E-state index contributed by atoms with van der Waals surface area (Å²) < 4.78 is 21.8. The molecule has 8 heteroatoms. The normalized spacial score (nSPS) is 17.3. The van der Waals surface area contributed by atoms with E-state index in [1.807, 2.05) is 18.2 Å². The van der Waals surface area contributed by atoms with Crippen molar-refractivity contribution in [2.75, 3.05) is 38.2 Å². The Kier molecular flexibility index (Phi) is 4.76. The summed E-state index contributed by atoms with van der Waals surface area (Å²) in [4.78, 5) is 11.7. The average Bonchev–Trinajstić information content (AvgIpc) is 3.26. The predicted octanol–water partition coefficient (Wildman–Crippen LogP) is 3.82. The van der Waals surface area contributed by atoms with Crippen molar-refractivity contribution in [1.29, 1.82) is 0 Å². The Balaban J connectivity index is 1.35. The minimum absolute atomic E-state index is 0.336. The van der Waals surface area contributed by atoms with Crippen LogP contribution in [0, 0.1) is 11.2 Å². The molecule has 3 aromatic heterocycles. The number of piperidine rings is 1. The fraction of sp³-hybridized carbons (Fsp3) is 0.320. The van der Waals surface area contributed by atoms with E-state index in [4.69, 9.17) is 9.72 Å². The number of nitrogens with one attached hydrogen (secondary N) is 1. The zero-order valence-electron chi connectivity index (χ0n) is 18.5. The van der Waals surface area contributed by atoms with Crippen molar-refractivity contribution in [2.45, 2.75) is 12.8 Å². The molecule has 7 nitrogen and oxygen atoms in total. The molecule has 2 aliphatic rings. The second-order valence-electron chi connectivity index (χ2n) is 8.99. The van der Waals surface area contributed by atoms with Gasteiger partial charge in [-0.3, -0.25) is 4.98 Å². The largest absolute Gasteiger partial charge is 0.496 e. The minimum atomic E-state index is -0.378. The number of halogens is 1. The second-order valence-corrected chi connectivity index (χ2v) is 8.99. The van der Waals surface area contributed by atoms with Crippen LogP contribution < -0.4 is 15.0 Å². The number of rotatable bonds is 4. The van der Waals surface area contributed by atoms with Crippen molar-refractivity contribution < 1.29 is 9.13 Å². The number of hydrogen-bond donors (Lipinski definition) is 1. The highest BCUT2D eigenvalue weighted by molar-refractivity contribution is 5.84. The molecule has 2 fully saturated rings. The van der Waals surface area contributed by atoms with Crippen LogP contribution in [0.2, 0.25) is 0 Å². The van der Waals surface area contributed by atoms with E-state index in [0.717, 1.165) is 48.7 Å². The first-order valence-corrected chi connectivity index (χ1v) is 11.3. The van der Waals surface area contributed by atoms with Gasteiger partial charge in [-0.05, 0) is 49.7 Å². The smallest absolute Gasteiger partial charge is 0.156 e. The second kappa shape index (κ2) is 7.81. The van der Waals surface area contributed by atoms with Crippen molar-refractivity contribution in [3.63, 3.8) is 0 Å². The van der Waals surface area contributed by atoms with Gasteiger partial charge in [0.2, 0.25) is 0 Å². The van der Waals surface area contributed by atoms with Crippen LogP contribution in [0.1, 0.15) is 12.8 Å². The Morgan fingerprint density at radius 1 is 1.09 bits per heavy atom. The fourth-order valence-electron chi connectivity index (χ4n) is 5.09. The van der Waals surface area contributed by atoms with E-state index in [-0.39, 0.29) is 5.82 Å². The summed E-state index contributed by atoms with van der Waals surface area (Å²) in [5.41, 5.74) is 2.02. The number of pyridine rings is 2. The third kappa shape index (κ3) is 3.41. The molecule has 168 valence electrons. The first-order chi connectivity index (χ1) is 16.2. The van der Waals surface area contributed by atoms with Gasteiger partial charge in [0.25, 0.3) is 0 Å². The summed E-state index contributed by atoms with van der Waals surface area (Å²) in [5.74, 6) is 1.74. The summed E-state index contributed by atoms with van der Waals surface area (Å²) >= 11 is 0. The molecule has 0 amide bonds. The maximum atomic E-state index is 14.6. The van der Waals surface area contributed by atoms with Crippen molar-refractivity contribution in [1.82, 2.24) is 25.1 Å². The van der Waals surface area contributed by atoms with E-state index >= 15 is 0 Å². The van der Waals surface area contributed by atoms with Gasteiger partial charge in [-0.15, -0.1) is 0 Å². The zero-order chi connectivity index (χ0) is 22.4. The van der Waals surface area contributed by atoms with E-state index in [1.54, 1.807) is 29.2 Å². The molecule has 0 bridgehead atoms. The molecule has 33 heavy (non-hydrogen) atoms. The average molecular weight is 445 g/mol. The third-order valence-electron chi connectivity index (χ3n) is 6.78. The monoisotopic (exact) mass is 444 g/mol. The lowest BCUT2D eigenvalue weighted by Gasteiger charge is -2.53. The number of methoxy groups -OCH3 is 1. The Bertz CT molecular complexity index is 1320. The Morgan fingerprint density at radius 2 is 1.94 bits per heavy atom. The van der Waals surface area contributed by atoms with E-state index < -0.39 is 0 Å². The van der Waals surface area contributed by atoms with Gasteiger partial charge in [-0.1, -0.05) is 12.1 Å². The Morgan fingerprint density at radius 3 is 2.76 bits per heavy atom. The Hall–Kier alpha value is -3.52. The molecule has 0 atom stereocenters. The molecule has 0 radical (unpaired) electrons. The summed E-state index contributed by atoms with van der Waals surface area (Å²) in [6.45, 7) is 4.26. The maximum absolute atomic E-state index is 14.6. The van der Waals surface area contributed by atoms with Gasteiger partial charge in [-0.25, -0.2) is 14.1 Å². The van der Waals surface area contributed by atoms with E-state index in [2.05, 4.69) is 26.4 Å². The molecule has 0 unspecified atom stereocenters. The van der Waals surface area contributed by atoms with Gasteiger partial charge < -0.3 is 15.0 Å². The van der Waals surface area contributed by atoms with Crippen LogP contribution in [0.25, 0.3) is 28.0 Å². The lowest BCUT2D eigenvalue weighted by atomic mass is 9.74. The minimum Gasteiger partial charge on any atom is -0.496 e. The molecule has 1 N–H and O–H groups in total. The van der Waals surface area contributed by atoms with Crippen molar-refractivity contribution in [2.24, 2.45) is 5.41 Å². The highest BCUT2D eigenvalue weighted by Crippen LogP contribution is 2.39. The van der Waals surface area contributed by atoms with Crippen LogP contribution in [0.5, 0.6) is 5.75 Å². The standard InChI is InChI=1S/C25H25FN6O/c1-33-21-6-2-5-18(26)24(21)19-11-20-17(12-28-19)13-29-32(20)23-8-3-7-22(30-23)31-15-25(16-31)9-4-10-27-14-25/h2-3,5-8,11-13,27H,4,9-10,14-16H2,1H3. The molecule has 0 saturated carbocycles. The molecule has 4 aromatic rings. The summed E-state index contributed by atoms with van der Waals surface area (Å²) in [5, 5.41) is 8.94. The molecule has 2 saturated heterocycles. The van der Waals surface area contributed by atoms with Gasteiger partial charge in [0.15, 0.2) is 5.82 Å². The van der Waals surface area contributed by atoms with E-state index in [9.17, 15) is 4.39 Å². The number of hydrogen-bond acceptors (Lipinski definition) is 6. The lowest BCUT2D eigenvalue weighted by Crippen LogP contribution is -2.62. The molecule has 1 aromatic carbocycles. The van der Waals surface area contributed by atoms with E-state index in [1.165, 1.54) is 26.0 Å². The number of benzene rings is 1. The SMILES string of the molecule is COc1cccc(F)c1-c1cc2c(cn1)cnn2-c1cccc(N2CC3(CCCNC3)C2)n1. The lowest BCUT2D eigenvalue weighted by molar-refractivity contribution is 0.156. The predicted molar refractivity (Wildman–Crippen MR) is 125 cm³/mol. The maximum Gasteiger partial charge on any atom is 0.156 e. The van der Waals surface area contributed by atoms with Crippen LogP contribution in [-0.4, -0.2) is 53.0 Å². The van der Waals surface area contributed by atoms with Gasteiger partial charge in [0.1, 0.15) is 17.4 Å². The number of fused-ring (bicyclic) bond motifs is 1.